The molecule has 0 aliphatic heterocycles. The van der Waals surface area contributed by atoms with Crippen LogP contribution in [0.3, 0.4) is 0 Å². The summed E-state index contributed by atoms with van der Waals surface area (Å²) >= 11 is 0. The first-order valence-electron chi connectivity index (χ1n) is 8.49. The van der Waals surface area contributed by atoms with Gasteiger partial charge in [0.1, 0.15) is 0 Å². The Kier molecular flexibility index (Phi) is 3.98. The van der Waals surface area contributed by atoms with Crippen LogP contribution < -0.4 is 5.73 Å². The van der Waals surface area contributed by atoms with E-state index in [0.717, 1.165) is 38.9 Å². The molecule has 0 radical (unpaired) electrons. The van der Waals surface area contributed by atoms with Gasteiger partial charge in [-0.1, -0.05) is 60.2 Å². The summed E-state index contributed by atoms with van der Waals surface area (Å²) in [7, 11) is 0. The molecule has 4 rings (SSSR count). The Balaban J connectivity index is 1.90. The maximum atomic E-state index is 12.0. The van der Waals surface area contributed by atoms with E-state index < -0.39 is 5.91 Å². The first-order chi connectivity index (χ1) is 12.6. The number of hydrogen-bond acceptors (Lipinski definition) is 2. The van der Waals surface area contributed by atoms with Crippen molar-refractivity contribution in [3.8, 4) is 22.4 Å². The lowest BCUT2D eigenvalue weighted by Crippen LogP contribution is -2.12. The minimum atomic E-state index is -0.441. The predicted octanol–water partition coefficient (Wildman–Crippen LogP) is 4.98. The second-order valence-corrected chi connectivity index (χ2v) is 6.39. The van der Waals surface area contributed by atoms with Crippen LogP contribution in [0.1, 0.15) is 15.9 Å². The third-order valence-electron chi connectivity index (χ3n) is 4.50. The van der Waals surface area contributed by atoms with Crippen molar-refractivity contribution in [2.45, 2.75) is 6.92 Å². The molecular weight excluding hydrogens is 320 g/mol. The van der Waals surface area contributed by atoms with Crippen LogP contribution in [0, 0.1) is 6.92 Å². The Morgan fingerprint density at radius 1 is 0.808 bits per heavy atom. The van der Waals surface area contributed by atoms with Crippen LogP contribution in [-0.2, 0) is 0 Å². The highest BCUT2D eigenvalue weighted by Gasteiger charge is 2.12. The molecule has 0 saturated heterocycles. The third-order valence-corrected chi connectivity index (χ3v) is 4.50. The Bertz CT molecular complexity index is 1120. The van der Waals surface area contributed by atoms with Crippen molar-refractivity contribution in [3.63, 3.8) is 0 Å². The molecule has 0 bridgehead atoms. The molecule has 126 valence electrons. The monoisotopic (exact) mass is 338 g/mol. The zero-order chi connectivity index (χ0) is 18.1. The molecule has 1 heterocycles. The molecule has 2 N–H and O–H groups in total. The highest BCUT2D eigenvalue weighted by molar-refractivity contribution is 6.06. The number of aromatic nitrogens is 1. The number of hydrogen-bond donors (Lipinski definition) is 1. The van der Waals surface area contributed by atoms with Gasteiger partial charge in [-0.15, -0.1) is 0 Å². The van der Waals surface area contributed by atoms with Crippen molar-refractivity contribution in [2.24, 2.45) is 5.73 Å². The molecule has 0 unspecified atom stereocenters. The number of benzene rings is 3. The van der Waals surface area contributed by atoms with E-state index in [1.807, 2.05) is 55.5 Å². The molecule has 1 amide bonds. The molecule has 3 heteroatoms. The summed E-state index contributed by atoms with van der Waals surface area (Å²) in [4.78, 5) is 16.7. The summed E-state index contributed by atoms with van der Waals surface area (Å²) in [6.45, 7) is 1.99. The quantitative estimate of drug-likeness (QED) is 0.573. The molecule has 4 aromatic rings. The van der Waals surface area contributed by atoms with Crippen LogP contribution in [0.2, 0.25) is 0 Å². The molecule has 0 spiro atoms. The maximum Gasteiger partial charge on any atom is 0.249 e. The molecule has 0 atom stereocenters. The van der Waals surface area contributed by atoms with Crippen LogP contribution in [0.4, 0.5) is 0 Å². The maximum absolute atomic E-state index is 12.0. The van der Waals surface area contributed by atoms with Gasteiger partial charge in [-0.25, -0.2) is 4.98 Å². The number of amides is 1. The highest BCUT2D eigenvalue weighted by atomic mass is 16.1. The van der Waals surface area contributed by atoms with Gasteiger partial charge in [0.05, 0.1) is 16.8 Å². The Labute approximate surface area is 152 Å². The number of carbonyl (C=O) groups is 1. The normalized spacial score (nSPS) is 10.8. The average Bonchev–Trinajstić information content (AvgIpc) is 2.68. The topological polar surface area (TPSA) is 56.0 Å². The van der Waals surface area contributed by atoms with Crippen LogP contribution in [0.5, 0.6) is 0 Å². The molecule has 3 nitrogen and oxygen atoms in total. The predicted molar refractivity (Wildman–Crippen MR) is 106 cm³/mol. The van der Waals surface area contributed by atoms with Crippen molar-refractivity contribution in [1.29, 1.82) is 0 Å². The van der Waals surface area contributed by atoms with Gasteiger partial charge in [0.15, 0.2) is 0 Å². The lowest BCUT2D eigenvalue weighted by atomic mass is 9.99. The number of fused-ring (bicyclic) bond motifs is 1. The molecule has 26 heavy (non-hydrogen) atoms. The van der Waals surface area contributed by atoms with E-state index in [0.29, 0.717) is 5.56 Å². The smallest absolute Gasteiger partial charge is 0.249 e. The van der Waals surface area contributed by atoms with Gasteiger partial charge < -0.3 is 5.73 Å². The molecule has 3 aromatic carbocycles. The molecule has 0 saturated carbocycles. The zero-order valence-corrected chi connectivity index (χ0v) is 14.4. The van der Waals surface area contributed by atoms with Crippen molar-refractivity contribution < 1.29 is 4.79 Å². The fourth-order valence-electron chi connectivity index (χ4n) is 3.18. The zero-order valence-electron chi connectivity index (χ0n) is 14.4. The van der Waals surface area contributed by atoms with Gasteiger partial charge in [0.25, 0.3) is 0 Å². The summed E-state index contributed by atoms with van der Waals surface area (Å²) in [5.74, 6) is -0.441. The van der Waals surface area contributed by atoms with E-state index in [4.69, 9.17) is 10.7 Å². The largest absolute Gasteiger partial charge is 0.366 e. The van der Waals surface area contributed by atoms with Crippen molar-refractivity contribution >= 4 is 16.8 Å². The number of primary amides is 1. The molecular formula is C23H18N2O. The number of pyridine rings is 1. The van der Waals surface area contributed by atoms with Gasteiger partial charge >= 0.3 is 0 Å². The Hall–Kier alpha value is -3.46. The van der Waals surface area contributed by atoms with Crippen molar-refractivity contribution in [3.05, 3.63) is 90.0 Å². The van der Waals surface area contributed by atoms with E-state index in [1.54, 1.807) is 6.07 Å². The van der Waals surface area contributed by atoms with E-state index >= 15 is 0 Å². The second-order valence-electron chi connectivity index (χ2n) is 6.39. The van der Waals surface area contributed by atoms with Crippen LogP contribution >= 0.6 is 0 Å². The van der Waals surface area contributed by atoms with E-state index in [9.17, 15) is 4.79 Å². The van der Waals surface area contributed by atoms with Gasteiger partial charge in [0.2, 0.25) is 5.91 Å². The summed E-state index contributed by atoms with van der Waals surface area (Å²) in [6, 6.07) is 26.0. The van der Waals surface area contributed by atoms with Gasteiger partial charge in [-0.05, 0) is 42.3 Å². The summed E-state index contributed by atoms with van der Waals surface area (Å²) in [5, 5.41) is 0.792. The van der Waals surface area contributed by atoms with E-state index in [2.05, 4.69) is 24.3 Å². The van der Waals surface area contributed by atoms with Gasteiger partial charge in [-0.3, -0.25) is 4.79 Å². The summed E-state index contributed by atoms with van der Waals surface area (Å²) in [5.41, 5.74) is 11.9. The van der Waals surface area contributed by atoms with Crippen LogP contribution in [-0.4, -0.2) is 10.9 Å². The Morgan fingerprint density at radius 3 is 2.31 bits per heavy atom. The lowest BCUT2D eigenvalue weighted by Gasteiger charge is -2.10. The number of nitrogens with zero attached hydrogens (tertiary/aromatic N) is 1. The van der Waals surface area contributed by atoms with E-state index in [-0.39, 0.29) is 0 Å². The first-order valence-corrected chi connectivity index (χ1v) is 8.49. The second kappa shape index (κ2) is 6.45. The molecule has 0 aliphatic carbocycles. The van der Waals surface area contributed by atoms with Crippen molar-refractivity contribution in [1.82, 2.24) is 4.98 Å². The summed E-state index contributed by atoms with van der Waals surface area (Å²) < 4.78 is 0. The lowest BCUT2D eigenvalue weighted by molar-refractivity contribution is 0.100. The van der Waals surface area contributed by atoms with Gasteiger partial charge in [-0.2, -0.15) is 0 Å². The fourth-order valence-corrected chi connectivity index (χ4v) is 3.18. The number of aryl methyl sites for hydroxylation is 1. The first kappa shape index (κ1) is 16.0. The summed E-state index contributed by atoms with van der Waals surface area (Å²) in [6.07, 6.45) is 0. The molecule has 0 fully saturated rings. The fraction of sp³-hybridized carbons (Fsp3) is 0.0435. The van der Waals surface area contributed by atoms with E-state index in [1.165, 1.54) is 0 Å². The minimum Gasteiger partial charge on any atom is -0.366 e. The third kappa shape index (κ3) is 2.95. The Morgan fingerprint density at radius 2 is 1.54 bits per heavy atom. The number of nitrogens with two attached hydrogens (primary N) is 1. The minimum absolute atomic E-state index is 0.441. The number of rotatable bonds is 3. The molecule has 0 aliphatic rings. The van der Waals surface area contributed by atoms with Crippen LogP contribution in [0.15, 0.2) is 78.9 Å². The highest BCUT2D eigenvalue weighted by Crippen LogP contribution is 2.28. The number of carbonyl (C=O) groups excluding carboxylic acids is 1. The van der Waals surface area contributed by atoms with Crippen LogP contribution in [0.25, 0.3) is 33.3 Å². The standard InChI is InChI=1S/C23H18N2O/c1-15-10-11-21-19(12-15)20(23(24)26)14-22(25-21)18-9-5-8-17(13-18)16-6-3-2-4-7-16/h2-14H,1H3,(H2,24,26). The average molecular weight is 338 g/mol. The SMILES string of the molecule is Cc1ccc2nc(-c3cccc(-c4ccccc4)c3)cc(C(N)=O)c2c1. The molecule has 1 aromatic heterocycles. The van der Waals surface area contributed by atoms with Crippen molar-refractivity contribution in [2.75, 3.05) is 0 Å². The van der Waals surface area contributed by atoms with Gasteiger partial charge in [0, 0.05) is 10.9 Å².